The molecule has 1 rings (SSSR count). The zero-order chi connectivity index (χ0) is 11.3. The fraction of sp³-hybridized carbons (Fsp3) is 0.600. The standard InChI is InChI=1S/C10H16ClN3O/c1-4-8(6-15-3)13-9-7(2)5-12-10(11)14-9/h5,8H,4,6H2,1-3H3,(H,12,13,14). The van der Waals surface area contributed by atoms with Crippen LogP contribution in [0.2, 0.25) is 5.28 Å². The molecule has 0 spiro atoms. The van der Waals surface area contributed by atoms with E-state index in [-0.39, 0.29) is 11.3 Å². The van der Waals surface area contributed by atoms with Crippen LogP contribution in [0.4, 0.5) is 5.82 Å². The van der Waals surface area contributed by atoms with Gasteiger partial charge in [0.15, 0.2) is 0 Å². The van der Waals surface area contributed by atoms with Crippen molar-refractivity contribution in [3.63, 3.8) is 0 Å². The summed E-state index contributed by atoms with van der Waals surface area (Å²) in [5.74, 6) is 0.777. The first-order valence-corrected chi connectivity index (χ1v) is 5.29. The van der Waals surface area contributed by atoms with E-state index in [0.29, 0.717) is 6.61 Å². The lowest BCUT2D eigenvalue weighted by Crippen LogP contribution is -2.25. The first kappa shape index (κ1) is 12.2. The number of halogens is 1. The zero-order valence-electron chi connectivity index (χ0n) is 9.25. The van der Waals surface area contributed by atoms with Crippen molar-refractivity contribution in [3.05, 3.63) is 17.0 Å². The van der Waals surface area contributed by atoms with E-state index in [4.69, 9.17) is 16.3 Å². The Hall–Kier alpha value is -0.870. The highest BCUT2D eigenvalue weighted by molar-refractivity contribution is 6.28. The van der Waals surface area contributed by atoms with Crippen molar-refractivity contribution in [2.24, 2.45) is 0 Å². The van der Waals surface area contributed by atoms with Crippen LogP contribution in [0.5, 0.6) is 0 Å². The normalized spacial score (nSPS) is 12.5. The fourth-order valence-electron chi connectivity index (χ4n) is 1.22. The molecule has 5 heteroatoms. The van der Waals surface area contributed by atoms with Crippen LogP contribution in [0, 0.1) is 6.92 Å². The molecule has 0 aliphatic carbocycles. The van der Waals surface area contributed by atoms with Crippen LogP contribution in [0.25, 0.3) is 0 Å². The van der Waals surface area contributed by atoms with Gasteiger partial charge in [0.25, 0.3) is 0 Å². The molecule has 1 aromatic heterocycles. The van der Waals surface area contributed by atoms with E-state index in [9.17, 15) is 0 Å². The van der Waals surface area contributed by atoms with E-state index >= 15 is 0 Å². The maximum atomic E-state index is 5.73. The average molecular weight is 230 g/mol. The summed E-state index contributed by atoms with van der Waals surface area (Å²) in [4.78, 5) is 8.03. The molecule has 0 amide bonds. The summed E-state index contributed by atoms with van der Waals surface area (Å²) < 4.78 is 5.10. The second-order valence-electron chi connectivity index (χ2n) is 3.38. The number of methoxy groups -OCH3 is 1. The molecule has 0 bridgehead atoms. The minimum atomic E-state index is 0.250. The number of hydrogen-bond donors (Lipinski definition) is 1. The molecule has 15 heavy (non-hydrogen) atoms. The molecule has 0 fully saturated rings. The molecule has 1 N–H and O–H groups in total. The van der Waals surface area contributed by atoms with Gasteiger partial charge in [-0.15, -0.1) is 0 Å². The lowest BCUT2D eigenvalue weighted by Gasteiger charge is -2.17. The van der Waals surface area contributed by atoms with Gasteiger partial charge < -0.3 is 10.1 Å². The smallest absolute Gasteiger partial charge is 0.224 e. The van der Waals surface area contributed by atoms with E-state index < -0.39 is 0 Å². The third-order valence-electron chi connectivity index (χ3n) is 2.14. The van der Waals surface area contributed by atoms with Crippen molar-refractivity contribution in [2.45, 2.75) is 26.3 Å². The van der Waals surface area contributed by atoms with Gasteiger partial charge in [-0.1, -0.05) is 6.92 Å². The fourth-order valence-corrected chi connectivity index (χ4v) is 1.36. The van der Waals surface area contributed by atoms with Gasteiger partial charge in [-0.3, -0.25) is 0 Å². The van der Waals surface area contributed by atoms with Crippen molar-refractivity contribution in [2.75, 3.05) is 19.0 Å². The SMILES string of the molecule is CCC(COC)Nc1nc(Cl)ncc1C. The van der Waals surface area contributed by atoms with E-state index in [1.807, 2.05) is 6.92 Å². The quantitative estimate of drug-likeness (QED) is 0.787. The summed E-state index contributed by atoms with van der Waals surface area (Å²) in [5.41, 5.74) is 0.981. The predicted octanol–water partition coefficient (Wildman–Crippen LogP) is 2.28. The van der Waals surface area contributed by atoms with Crippen LogP contribution in [0.1, 0.15) is 18.9 Å². The molecule has 0 saturated carbocycles. The Morgan fingerprint density at radius 1 is 1.60 bits per heavy atom. The molecule has 0 saturated heterocycles. The summed E-state index contributed by atoms with van der Waals surface area (Å²) in [7, 11) is 1.68. The summed E-state index contributed by atoms with van der Waals surface area (Å²) in [6, 6.07) is 0.250. The maximum Gasteiger partial charge on any atom is 0.224 e. The van der Waals surface area contributed by atoms with Crippen molar-refractivity contribution in [1.82, 2.24) is 9.97 Å². The Balaban J connectivity index is 2.73. The Labute approximate surface area is 95.0 Å². The van der Waals surface area contributed by atoms with Crippen LogP contribution in [0.15, 0.2) is 6.20 Å². The van der Waals surface area contributed by atoms with Gasteiger partial charge in [0.1, 0.15) is 5.82 Å². The van der Waals surface area contributed by atoms with Crippen LogP contribution in [-0.4, -0.2) is 29.7 Å². The number of rotatable bonds is 5. The highest BCUT2D eigenvalue weighted by Gasteiger charge is 2.09. The molecule has 4 nitrogen and oxygen atoms in total. The number of nitrogens with zero attached hydrogens (tertiary/aromatic N) is 2. The van der Waals surface area contributed by atoms with Gasteiger partial charge in [0.05, 0.1) is 12.6 Å². The molecule has 0 aliphatic heterocycles. The summed E-state index contributed by atoms with van der Waals surface area (Å²) >= 11 is 5.73. The van der Waals surface area contributed by atoms with E-state index in [1.165, 1.54) is 0 Å². The van der Waals surface area contributed by atoms with Crippen LogP contribution in [0.3, 0.4) is 0 Å². The van der Waals surface area contributed by atoms with Crippen LogP contribution < -0.4 is 5.32 Å². The van der Waals surface area contributed by atoms with Gasteiger partial charge in [-0.05, 0) is 24.9 Å². The molecule has 1 atom stereocenters. The molecule has 0 aromatic carbocycles. The van der Waals surface area contributed by atoms with Crippen molar-refractivity contribution in [3.8, 4) is 0 Å². The van der Waals surface area contributed by atoms with Crippen molar-refractivity contribution < 1.29 is 4.74 Å². The zero-order valence-corrected chi connectivity index (χ0v) is 10.0. The van der Waals surface area contributed by atoms with Crippen molar-refractivity contribution >= 4 is 17.4 Å². The third-order valence-corrected chi connectivity index (χ3v) is 2.33. The molecular formula is C10H16ClN3O. The van der Waals surface area contributed by atoms with Gasteiger partial charge in [-0.2, -0.15) is 0 Å². The number of hydrogen-bond acceptors (Lipinski definition) is 4. The topological polar surface area (TPSA) is 47.0 Å². The monoisotopic (exact) mass is 229 g/mol. The van der Waals surface area contributed by atoms with Crippen molar-refractivity contribution in [1.29, 1.82) is 0 Å². The number of anilines is 1. The van der Waals surface area contributed by atoms with E-state index in [2.05, 4.69) is 22.2 Å². The second-order valence-corrected chi connectivity index (χ2v) is 3.71. The molecule has 84 valence electrons. The lowest BCUT2D eigenvalue weighted by molar-refractivity contribution is 0.184. The highest BCUT2D eigenvalue weighted by atomic mass is 35.5. The van der Waals surface area contributed by atoms with Gasteiger partial charge in [-0.25, -0.2) is 9.97 Å². The number of ether oxygens (including phenoxy) is 1. The Morgan fingerprint density at radius 3 is 2.93 bits per heavy atom. The molecule has 1 aromatic rings. The number of aromatic nitrogens is 2. The highest BCUT2D eigenvalue weighted by Crippen LogP contribution is 2.14. The first-order chi connectivity index (χ1) is 7.17. The molecule has 1 unspecified atom stereocenters. The van der Waals surface area contributed by atoms with Gasteiger partial charge in [0.2, 0.25) is 5.28 Å². The Morgan fingerprint density at radius 2 is 2.33 bits per heavy atom. The van der Waals surface area contributed by atoms with Gasteiger partial charge in [0, 0.05) is 18.9 Å². The molecular weight excluding hydrogens is 214 g/mol. The maximum absolute atomic E-state index is 5.73. The average Bonchev–Trinajstić information content (AvgIpc) is 2.22. The Kier molecular flexibility index (Phi) is 4.78. The minimum Gasteiger partial charge on any atom is -0.383 e. The molecule has 1 heterocycles. The number of nitrogens with one attached hydrogen (secondary N) is 1. The predicted molar refractivity (Wildman–Crippen MR) is 61.4 cm³/mol. The summed E-state index contributed by atoms with van der Waals surface area (Å²) in [6.07, 6.45) is 2.67. The van der Waals surface area contributed by atoms with Crippen LogP contribution in [-0.2, 0) is 4.74 Å². The van der Waals surface area contributed by atoms with Gasteiger partial charge >= 0.3 is 0 Å². The Bertz CT molecular complexity index is 320. The second kappa shape index (κ2) is 5.88. The lowest BCUT2D eigenvalue weighted by atomic mass is 10.2. The first-order valence-electron chi connectivity index (χ1n) is 4.92. The molecule has 0 aliphatic rings. The van der Waals surface area contributed by atoms with E-state index in [0.717, 1.165) is 17.8 Å². The summed E-state index contributed by atoms with van der Waals surface area (Å²) in [5, 5.41) is 3.54. The third kappa shape index (κ3) is 3.64. The summed E-state index contributed by atoms with van der Waals surface area (Å²) in [6.45, 7) is 4.69. The molecule has 0 radical (unpaired) electrons. The minimum absolute atomic E-state index is 0.250. The van der Waals surface area contributed by atoms with E-state index in [1.54, 1.807) is 13.3 Å². The number of aryl methyl sites for hydroxylation is 1. The largest absolute Gasteiger partial charge is 0.383 e. The van der Waals surface area contributed by atoms with Crippen LogP contribution >= 0.6 is 11.6 Å².